The van der Waals surface area contributed by atoms with Gasteiger partial charge >= 0.3 is 0 Å². The fourth-order valence-electron chi connectivity index (χ4n) is 2.82. The molecule has 0 aliphatic carbocycles. The molecule has 3 rings (SSSR count). The third-order valence-corrected chi connectivity index (χ3v) is 4.08. The molecule has 25 heavy (non-hydrogen) atoms. The summed E-state index contributed by atoms with van der Waals surface area (Å²) in [5, 5.41) is 12.3. The van der Waals surface area contributed by atoms with Crippen LogP contribution in [0, 0.1) is 23.4 Å². The molecule has 1 fully saturated rings. The minimum absolute atomic E-state index is 0.124. The molecule has 8 heteroatoms. The second-order valence-corrected chi connectivity index (χ2v) is 5.65. The van der Waals surface area contributed by atoms with Crippen LogP contribution in [0.25, 0.3) is 0 Å². The van der Waals surface area contributed by atoms with Gasteiger partial charge in [-0.25, -0.2) is 18.2 Å². The zero-order valence-corrected chi connectivity index (χ0v) is 12.7. The number of rotatable bonds is 3. The highest BCUT2D eigenvalue weighted by atomic mass is 19.2. The molecular formula is C17H13F3N2O3. The largest absolute Gasteiger partial charge is 0.323 e. The van der Waals surface area contributed by atoms with Crippen molar-refractivity contribution in [2.24, 2.45) is 5.92 Å². The van der Waals surface area contributed by atoms with Crippen LogP contribution >= 0.6 is 0 Å². The highest BCUT2D eigenvalue weighted by Crippen LogP contribution is 2.34. The Labute approximate surface area is 140 Å². The van der Waals surface area contributed by atoms with E-state index in [0.29, 0.717) is 5.06 Å². The molecule has 2 aromatic carbocycles. The van der Waals surface area contributed by atoms with Crippen LogP contribution in [0.5, 0.6) is 0 Å². The third-order valence-electron chi connectivity index (χ3n) is 4.08. The lowest BCUT2D eigenvalue weighted by molar-refractivity contribution is -0.160. The zero-order chi connectivity index (χ0) is 18.1. The Morgan fingerprint density at radius 3 is 2.48 bits per heavy atom. The SMILES string of the molecule is O=C(Nc1ccccc1F)C1C(=O)N(O)CC1c1ccc(F)c(F)c1. The number of halogens is 3. The number of benzene rings is 2. The summed E-state index contributed by atoms with van der Waals surface area (Å²) in [7, 11) is 0. The average molecular weight is 350 g/mol. The molecule has 0 bridgehead atoms. The first kappa shape index (κ1) is 17.0. The topological polar surface area (TPSA) is 69.6 Å². The first-order valence-electron chi connectivity index (χ1n) is 7.39. The van der Waals surface area contributed by atoms with Crippen molar-refractivity contribution in [3.8, 4) is 0 Å². The van der Waals surface area contributed by atoms with Gasteiger partial charge in [-0.3, -0.25) is 14.8 Å². The lowest BCUT2D eigenvalue weighted by atomic mass is 9.87. The molecule has 1 aliphatic rings. The van der Waals surface area contributed by atoms with Crippen LogP contribution in [0.1, 0.15) is 11.5 Å². The number of carbonyl (C=O) groups excluding carboxylic acids is 2. The van der Waals surface area contributed by atoms with Crippen LogP contribution in [0.15, 0.2) is 42.5 Å². The quantitative estimate of drug-likeness (QED) is 0.661. The van der Waals surface area contributed by atoms with Gasteiger partial charge in [-0.1, -0.05) is 18.2 Å². The van der Waals surface area contributed by atoms with E-state index >= 15 is 0 Å². The molecule has 2 aromatic rings. The lowest BCUT2D eigenvalue weighted by Gasteiger charge is -2.17. The van der Waals surface area contributed by atoms with E-state index in [4.69, 9.17) is 0 Å². The maximum atomic E-state index is 13.7. The maximum absolute atomic E-state index is 13.7. The van der Waals surface area contributed by atoms with E-state index in [1.807, 2.05) is 0 Å². The number of anilines is 1. The van der Waals surface area contributed by atoms with Crippen LogP contribution in [-0.4, -0.2) is 28.6 Å². The number of nitrogens with one attached hydrogen (secondary N) is 1. The smallest absolute Gasteiger partial charge is 0.259 e. The van der Waals surface area contributed by atoms with E-state index in [2.05, 4.69) is 5.32 Å². The van der Waals surface area contributed by atoms with E-state index in [1.165, 1.54) is 24.3 Å². The lowest BCUT2D eigenvalue weighted by Crippen LogP contribution is -2.33. The summed E-state index contributed by atoms with van der Waals surface area (Å²) in [6.45, 7) is -0.265. The number of carbonyl (C=O) groups is 2. The summed E-state index contributed by atoms with van der Waals surface area (Å²) in [5.41, 5.74) is 0.0539. The van der Waals surface area contributed by atoms with Crippen LogP contribution in [0.4, 0.5) is 18.9 Å². The number of para-hydroxylation sites is 1. The maximum Gasteiger partial charge on any atom is 0.259 e. The normalized spacial score (nSPS) is 20.0. The van der Waals surface area contributed by atoms with Crippen molar-refractivity contribution in [3.05, 3.63) is 65.5 Å². The second-order valence-electron chi connectivity index (χ2n) is 5.65. The molecule has 1 heterocycles. The molecule has 130 valence electrons. The van der Waals surface area contributed by atoms with Gasteiger partial charge in [0.15, 0.2) is 11.6 Å². The van der Waals surface area contributed by atoms with Crippen LogP contribution in [0.3, 0.4) is 0 Å². The first-order valence-corrected chi connectivity index (χ1v) is 7.39. The van der Waals surface area contributed by atoms with Gasteiger partial charge in [-0.2, -0.15) is 0 Å². The summed E-state index contributed by atoms with van der Waals surface area (Å²) in [4.78, 5) is 24.6. The van der Waals surface area contributed by atoms with Gasteiger partial charge in [0, 0.05) is 5.92 Å². The average Bonchev–Trinajstić information content (AvgIpc) is 2.87. The molecule has 1 aliphatic heterocycles. The predicted molar refractivity (Wildman–Crippen MR) is 81.1 cm³/mol. The number of hydrogen-bond donors (Lipinski definition) is 2. The Morgan fingerprint density at radius 2 is 1.80 bits per heavy atom. The van der Waals surface area contributed by atoms with Crippen molar-refractivity contribution < 1.29 is 28.0 Å². The fourth-order valence-corrected chi connectivity index (χ4v) is 2.82. The molecular weight excluding hydrogens is 337 g/mol. The number of hydroxylamine groups is 2. The standard InChI is InChI=1S/C17H13F3N2O3/c18-11-6-5-9(7-13(11)20)10-8-22(25)17(24)15(10)16(23)21-14-4-2-1-3-12(14)19/h1-7,10,15,25H,8H2,(H,21,23). The molecule has 0 spiro atoms. The monoisotopic (exact) mass is 350 g/mol. The summed E-state index contributed by atoms with van der Waals surface area (Å²) in [6.07, 6.45) is 0. The molecule has 2 atom stereocenters. The summed E-state index contributed by atoms with van der Waals surface area (Å²) >= 11 is 0. The van der Waals surface area contributed by atoms with Gasteiger partial charge in [0.05, 0.1) is 12.2 Å². The van der Waals surface area contributed by atoms with Gasteiger partial charge in [-0.05, 0) is 29.8 Å². The molecule has 1 saturated heterocycles. The molecule has 5 nitrogen and oxygen atoms in total. The summed E-state index contributed by atoms with van der Waals surface area (Å²) in [6, 6.07) is 8.37. The van der Waals surface area contributed by atoms with Crippen molar-refractivity contribution in [1.29, 1.82) is 0 Å². The Balaban J connectivity index is 1.90. The van der Waals surface area contributed by atoms with E-state index in [0.717, 1.165) is 18.2 Å². The Morgan fingerprint density at radius 1 is 1.08 bits per heavy atom. The minimum atomic E-state index is -1.39. The molecule has 2 N–H and O–H groups in total. The highest BCUT2D eigenvalue weighted by molar-refractivity contribution is 6.08. The molecule has 2 amide bonds. The third kappa shape index (κ3) is 3.20. The summed E-state index contributed by atoms with van der Waals surface area (Å²) in [5.74, 6) is -6.93. The van der Waals surface area contributed by atoms with Crippen molar-refractivity contribution >= 4 is 17.5 Å². The van der Waals surface area contributed by atoms with Gasteiger partial charge in [0.1, 0.15) is 11.7 Å². The van der Waals surface area contributed by atoms with Crippen LogP contribution < -0.4 is 5.32 Å². The molecule has 0 saturated carbocycles. The fraction of sp³-hybridized carbons (Fsp3) is 0.176. The van der Waals surface area contributed by atoms with Gasteiger partial charge in [0.2, 0.25) is 5.91 Å². The van der Waals surface area contributed by atoms with E-state index < -0.39 is 41.1 Å². The first-order chi connectivity index (χ1) is 11.9. The Hall–Kier alpha value is -2.87. The predicted octanol–water partition coefficient (Wildman–Crippen LogP) is 2.67. The van der Waals surface area contributed by atoms with Crippen LogP contribution in [-0.2, 0) is 9.59 Å². The van der Waals surface area contributed by atoms with E-state index in [1.54, 1.807) is 0 Å². The molecule has 2 unspecified atom stereocenters. The number of hydrogen-bond acceptors (Lipinski definition) is 3. The number of amides is 2. The van der Waals surface area contributed by atoms with Crippen molar-refractivity contribution in [1.82, 2.24) is 5.06 Å². The van der Waals surface area contributed by atoms with Gasteiger partial charge < -0.3 is 5.32 Å². The van der Waals surface area contributed by atoms with Crippen molar-refractivity contribution in [2.45, 2.75) is 5.92 Å². The van der Waals surface area contributed by atoms with Gasteiger partial charge in [-0.15, -0.1) is 0 Å². The Kier molecular flexibility index (Phi) is 4.45. The van der Waals surface area contributed by atoms with E-state index in [-0.39, 0.29) is 17.8 Å². The summed E-state index contributed by atoms with van der Waals surface area (Å²) < 4.78 is 40.3. The Bertz CT molecular complexity index is 844. The van der Waals surface area contributed by atoms with E-state index in [9.17, 15) is 28.0 Å². The zero-order valence-electron chi connectivity index (χ0n) is 12.7. The molecule has 0 aromatic heterocycles. The van der Waals surface area contributed by atoms with Crippen LogP contribution in [0.2, 0.25) is 0 Å². The minimum Gasteiger partial charge on any atom is -0.323 e. The second kappa shape index (κ2) is 6.56. The highest BCUT2D eigenvalue weighted by Gasteiger charge is 2.45. The number of nitrogens with zero attached hydrogens (tertiary/aromatic N) is 1. The van der Waals surface area contributed by atoms with Crippen molar-refractivity contribution in [3.63, 3.8) is 0 Å². The van der Waals surface area contributed by atoms with Crippen molar-refractivity contribution in [2.75, 3.05) is 11.9 Å². The molecule has 0 radical (unpaired) electrons. The van der Waals surface area contributed by atoms with Gasteiger partial charge in [0.25, 0.3) is 5.91 Å².